The Morgan fingerprint density at radius 3 is 3.06 bits per heavy atom. The number of carbonyl (C=O) groups is 1. The maximum absolute atomic E-state index is 14.0. The van der Waals surface area contributed by atoms with Gasteiger partial charge in [0.25, 0.3) is 5.91 Å². The second kappa shape index (κ2) is 4.67. The first-order valence-corrected chi connectivity index (χ1v) is 5.50. The number of nitrogens with two attached hydrogens (primary N) is 1. The van der Waals surface area contributed by atoms with E-state index in [1.165, 1.54) is 12.3 Å². The number of carbonyl (C=O) groups excluding carboxylic acids is 1. The smallest absolute Gasteiger partial charge is 0.251 e. The van der Waals surface area contributed by atoms with Crippen LogP contribution in [-0.4, -0.2) is 37.1 Å². The number of halogens is 1. The number of amides is 1. The Kier molecular flexibility index (Phi) is 3.23. The van der Waals surface area contributed by atoms with Crippen molar-refractivity contribution in [3.8, 4) is 0 Å². The van der Waals surface area contributed by atoms with Gasteiger partial charge < -0.3 is 16.0 Å². The molecule has 2 heterocycles. The Bertz CT molecular complexity index is 437. The third-order valence-corrected chi connectivity index (χ3v) is 3.03. The highest BCUT2D eigenvalue weighted by molar-refractivity contribution is 5.93. The van der Waals surface area contributed by atoms with Gasteiger partial charge in [0.15, 0.2) is 11.6 Å². The zero-order valence-electron chi connectivity index (χ0n) is 9.61. The number of hydrogen-bond acceptors (Lipinski definition) is 4. The molecule has 0 aliphatic carbocycles. The summed E-state index contributed by atoms with van der Waals surface area (Å²) in [6.45, 7) is 1.40. The maximum Gasteiger partial charge on any atom is 0.251 e. The lowest BCUT2D eigenvalue weighted by molar-refractivity contribution is 0.0996. The molecule has 1 amide bonds. The predicted molar refractivity (Wildman–Crippen MR) is 62.4 cm³/mol. The molecule has 0 radical (unpaired) electrons. The number of nitrogens with one attached hydrogen (secondary N) is 1. The largest absolute Gasteiger partial charge is 0.366 e. The fourth-order valence-corrected chi connectivity index (χ4v) is 2.03. The summed E-state index contributed by atoms with van der Waals surface area (Å²) in [5.41, 5.74) is 4.99. The van der Waals surface area contributed by atoms with E-state index >= 15 is 0 Å². The van der Waals surface area contributed by atoms with Crippen LogP contribution in [0.2, 0.25) is 0 Å². The number of rotatable bonds is 3. The average Bonchev–Trinajstić information content (AvgIpc) is 2.77. The van der Waals surface area contributed by atoms with Crippen LogP contribution >= 0.6 is 0 Å². The number of likely N-dealkylation sites (N-methyl/N-ethyl adjacent to an activating group) is 1. The molecule has 3 N–H and O–H groups in total. The molecule has 5 nitrogen and oxygen atoms in total. The molecule has 1 atom stereocenters. The normalized spacial score (nSPS) is 19.6. The van der Waals surface area contributed by atoms with Crippen LogP contribution in [0.25, 0.3) is 0 Å². The topological polar surface area (TPSA) is 71.2 Å². The molecule has 1 aliphatic rings. The van der Waals surface area contributed by atoms with Crippen molar-refractivity contribution >= 4 is 11.7 Å². The molecular formula is C11H15FN4O. The maximum atomic E-state index is 14.0. The van der Waals surface area contributed by atoms with Crippen LogP contribution in [0.3, 0.4) is 0 Å². The highest BCUT2D eigenvalue weighted by atomic mass is 19.1. The van der Waals surface area contributed by atoms with Crippen LogP contribution in [0.5, 0.6) is 0 Å². The standard InChI is InChI=1S/C11H15FN4O/c1-14-7-3-5-16(6-7)11-9(12)8(10(13)17)2-4-15-11/h2,4,7,14H,3,5-6H2,1H3,(H2,13,17). The monoisotopic (exact) mass is 238 g/mol. The van der Waals surface area contributed by atoms with Gasteiger partial charge in [0.1, 0.15) is 0 Å². The minimum atomic E-state index is -0.768. The first-order valence-electron chi connectivity index (χ1n) is 5.50. The first-order chi connectivity index (χ1) is 8.13. The summed E-state index contributed by atoms with van der Waals surface area (Å²) < 4.78 is 14.0. The van der Waals surface area contributed by atoms with E-state index in [1.807, 2.05) is 11.9 Å². The summed E-state index contributed by atoms with van der Waals surface area (Å²) >= 11 is 0. The Morgan fingerprint density at radius 2 is 2.47 bits per heavy atom. The van der Waals surface area contributed by atoms with E-state index in [0.717, 1.165) is 13.0 Å². The van der Waals surface area contributed by atoms with E-state index in [0.29, 0.717) is 12.6 Å². The lowest BCUT2D eigenvalue weighted by Crippen LogP contribution is -2.30. The predicted octanol–water partition coefficient (Wildman–Crippen LogP) is 0.118. The molecule has 0 bridgehead atoms. The third kappa shape index (κ3) is 2.21. The van der Waals surface area contributed by atoms with Crippen molar-refractivity contribution in [3.05, 3.63) is 23.6 Å². The Balaban J connectivity index is 2.28. The van der Waals surface area contributed by atoms with E-state index in [1.54, 1.807) is 0 Å². The molecule has 92 valence electrons. The lowest BCUT2D eigenvalue weighted by Gasteiger charge is -2.18. The number of hydrogen-bond donors (Lipinski definition) is 2. The molecule has 0 spiro atoms. The van der Waals surface area contributed by atoms with Crippen molar-refractivity contribution in [3.63, 3.8) is 0 Å². The van der Waals surface area contributed by atoms with Gasteiger partial charge in [-0.2, -0.15) is 0 Å². The molecule has 0 saturated carbocycles. The molecule has 1 unspecified atom stereocenters. The summed E-state index contributed by atoms with van der Waals surface area (Å²) in [6.07, 6.45) is 2.34. The second-order valence-electron chi connectivity index (χ2n) is 4.08. The van der Waals surface area contributed by atoms with Gasteiger partial charge in [0.05, 0.1) is 5.56 Å². The molecule has 1 aliphatic heterocycles. The van der Waals surface area contributed by atoms with E-state index < -0.39 is 11.7 Å². The highest BCUT2D eigenvalue weighted by Gasteiger charge is 2.26. The number of aromatic nitrogens is 1. The second-order valence-corrected chi connectivity index (χ2v) is 4.08. The molecule has 2 rings (SSSR count). The van der Waals surface area contributed by atoms with Gasteiger partial charge in [-0.3, -0.25) is 4.79 Å². The van der Waals surface area contributed by atoms with Gasteiger partial charge in [-0.15, -0.1) is 0 Å². The van der Waals surface area contributed by atoms with E-state index in [9.17, 15) is 9.18 Å². The molecule has 0 aromatic carbocycles. The molecule has 17 heavy (non-hydrogen) atoms. The third-order valence-electron chi connectivity index (χ3n) is 3.03. The van der Waals surface area contributed by atoms with Crippen LogP contribution in [0.1, 0.15) is 16.8 Å². The summed E-state index contributed by atoms with van der Waals surface area (Å²) in [7, 11) is 1.87. The molecular weight excluding hydrogens is 223 g/mol. The molecule has 1 saturated heterocycles. The number of primary amides is 1. The van der Waals surface area contributed by atoms with E-state index in [4.69, 9.17) is 5.73 Å². The Labute approximate surface area is 98.8 Å². The molecule has 1 aromatic heterocycles. The average molecular weight is 238 g/mol. The van der Waals surface area contributed by atoms with E-state index in [-0.39, 0.29) is 11.4 Å². The van der Waals surface area contributed by atoms with Gasteiger partial charge in [-0.25, -0.2) is 9.37 Å². The van der Waals surface area contributed by atoms with Crippen molar-refractivity contribution in [2.75, 3.05) is 25.0 Å². The van der Waals surface area contributed by atoms with Crippen LogP contribution in [0.15, 0.2) is 12.3 Å². The minimum absolute atomic E-state index is 0.108. The number of pyridine rings is 1. The Hall–Kier alpha value is -1.69. The van der Waals surface area contributed by atoms with Crippen molar-refractivity contribution in [2.45, 2.75) is 12.5 Å². The summed E-state index contributed by atoms with van der Waals surface area (Å²) in [6, 6.07) is 1.63. The van der Waals surface area contributed by atoms with Gasteiger partial charge in [0, 0.05) is 25.3 Å². The highest BCUT2D eigenvalue weighted by Crippen LogP contribution is 2.23. The number of nitrogens with zero attached hydrogens (tertiary/aromatic N) is 2. The van der Waals surface area contributed by atoms with Crippen molar-refractivity contribution in [1.29, 1.82) is 0 Å². The molecule has 1 aromatic rings. The minimum Gasteiger partial charge on any atom is -0.366 e. The quantitative estimate of drug-likeness (QED) is 0.784. The molecule has 6 heteroatoms. The molecule has 1 fully saturated rings. The van der Waals surface area contributed by atoms with Gasteiger partial charge >= 0.3 is 0 Å². The van der Waals surface area contributed by atoms with Crippen molar-refractivity contribution < 1.29 is 9.18 Å². The van der Waals surface area contributed by atoms with Crippen LogP contribution in [0.4, 0.5) is 10.2 Å². The number of anilines is 1. The Morgan fingerprint density at radius 1 is 1.71 bits per heavy atom. The van der Waals surface area contributed by atoms with Gasteiger partial charge in [-0.05, 0) is 19.5 Å². The van der Waals surface area contributed by atoms with Gasteiger partial charge in [0.2, 0.25) is 0 Å². The van der Waals surface area contributed by atoms with Crippen LogP contribution < -0.4 is 16.0 Å². The lowest BCUT2D eigenvalue weighted by atomic mass is 10.2. The summed E-state index contributed by atoms with van der Waals surface area (Å²) in [5.74, 6) is -1.19. The van der Waals surface area contributed by atoms with Crippen molar-refractivity contribution in [2.24, 2.45) is 5.73 Å². The summed E-state index contributed by atoms with van der Waals surface area (Å²) in [4.78, 5) is 16.8. The fourth-order valence-electron chi connectivity index (χ4n) is 2.03. The SMILES string of the molecule is CNC1CCN(c2nccc(C(N)=O)c2F)C1. The fraction of sp³-hybridized carbons (Fsp3) is 0.455. The zero-order valence-corrected chi connectivity index (χ0v) is 9.61. The van der Waals surface area contributed by atoms with Crippen LogP contribution in [0, 0.1) is 5.82 Å². The van der Waals surface area contributed by atoms with Crippen LogP contribution in [-0.2, 0) is 0 Å². The van der Waals surface area contributed by atoms with Gasteiger partial charge in [-0.1, -0.05) is 0 Å². The first kappa shape index (κ1) is 11.8. The van der Waals surface area contributed by atoms with Crippen molar-refractivity contribution in [1.82, 2.24) is 10.3 Å². The summed E-state index contributed by atoms with van der Waals surface area (Å²) in [5, 5.41) is 3.14. The van der Waals surface area contributed by atoms with E-state index in [2.05, 4.69) is 10.3 Å². The zero-order chi connectivity index (χ0) is 12.4.